The van der Waals surface area contributed by atoms with Crippen LogP contribution in [0.25, 0.3) is 6.08 Å². The molecule has 0 spiro atoms. The standard InChI is InChI=1S/C22H25N3O3S/c1-16-23-19(15-29-16)14-28-20-7-2-17(3-8-20)4-9-21(26)24-10-12-25(13-11-24)22(27)18-5-6-18/h2-4,7-9,15,18H,5-6,10-14H2,1H3. The van der Waals surface area contributed by atoms with E-state index < -0.39 is 0 Å². The molecule has 0 radical (unpaired) electrons. The van der Waals surface area contributed by atoms with Crippen LogP contribution in [0.3, 0.4) is 0 Å². The number of amides is 2. The molecule has 2 aromatic rings. The quantitative estimate of drug-likeness (QED) is 0.685. The zero-order chi connectivity index (χ0) is 20.2. The Morgan fingerprint density at radius 3 is 2.45 bits per heavy atom. The summed E-state index contributed by atoms with van der Waals surface area (Å²) in [7, 11) is 0. The third kappa shape index (κ3) is 5.23. The Balaban J connectivity index is 1.24. The number of aryl methyl sites for hydroxylation is 1. The zero-order valence-electron chi connectivity index (χ0n) is 16.5. The van der Waals surface area contributed by atoms with Gasteiger partial charge in [-0.05, 0) is 43.5 Å². The molecule has 1 aliphatic carbocycles. The maximum atomic E-state index is 12.4. The minimum Gasteiger partial charge on any atom is -0.487 e. The van der Waals surface area contributed by atoms with Crippen LogP contribution in [-0.2, 0) is 16.2 Å². The first kappa shape index (κ1) is 19.6. The third-order valence-corrected chi connectivity index (χ3v) is 6.00. The van der Waals surface area contributed by atoms with E-state index in [1.165, 1.54) is 0 Å². The van der Waals surface area contributed by atoms with Gasteiger partial charge in [0.1, 0.15) is 12.4 Å². The molecule has 1 saturated carbocycles. The van der Waals surface area contributed by atoms with Crippen LogP contribution in [-0.4, -0.2) is 52.8 Å². The van der Waals surface area contributed by atoms with Crippen LogP contribution in [0.5, 0.6) is 5.75 Å². The van der Waals surface area contributed by atoms with Crippen molar-refractivity contribution in [1.29, 1.82) is 0 Å². The fourth-order valence-corrected chi connectivity index (χ4v) is 3.91. The first-order valence-corrected chi connectivity index (χ1v) is 10.9. The van der Waals surface area contributed by atoms with E-state index in [0.29, 0.717) is 32.8 Å². The summed E-state index contributed by atoms with van der Waals surface area (Å²) in [4.78, 5) is 32.6. The Kier molecular flexibility index (Phi) is 5.94. The van der Waals surface area contributed by atoms with Crippen molar-refractivity contribution in [3.05, 3.63) is 52.0 Å². The van der Waals surface area contributed by atoms with Gasteiger partial charge in [-0.1, -0.05) is 12.1 Å². The molecule has 6 nitrogen and oxygen atoms in total. The molecule has 1 aromatic carbocycles. The van der Waals surface area contributed by atoms with E-state index in [1.54, 1.807) is 22.3 Å². The van der Waals surface area contributed by atoms with Gasteiger partial charge in [-0.25, -0.2) is 4.98 Å². The van der Waals surface area contributed by atoms with Gasteiger partial charge in [-0.15, -0.1) is 11.3 Å². The highest BCUT2D eigenvalue weighted by Crippen LogP contribution is 2.31. The predicted molar refractivity (Wildman–Crippen MR) is 113 cm³/mol. The van der Waals surface area contributed by atoms with Crippen LogP contribution < -0.4 is 4.74 Å². The van der Waals surface area contributed by atoms with Crippen molar-refractivity contribution >= 4 is 29.2 Å². The van der Waals surface area contributed by atoms with Crippen molar-refractivity contribution in [3.8, 4) is 5.75 Å². The van der Waals surface area contributed by atoms with Crippen molar-refractivity contribution in [1.82, 2.24) is 14.8 Å². The summed E-state index contributed by atoms with van der Waals surface area (Å²) in [5, 5.41) is 3.03. The molecule has 7 heteroatoms. The van der Waals surface area contributed by atoms with Crippen LogP contribution in [0.15, 0.2) is 35.7 Å². The SMILES string of the molecule is Cc1nc(COc2ccc(C=CC(=O)N3CCN(C(=O)C4CC4)CC3)cc2)cs1. The van der Waals surface area contributed by atoms with Gasteiger partial charge >= 0.3 is 0 Å². The number of piperazine rings is 1. The molecule has 152 valence electrons. The molecular formula is C22H25N3O3S. The molecule has 4 rings (SSSR count). The van der Waals surface area contributed by atoms with Gasteiger partial charge in [0.05, 0.1) is 10.7 Å². The van der Waals surface area contributed by atoms with E-state index in [4.69, 9.17) is 4.74 Å². The summed E-state index contributed by atoms with van der Waals surface area (Å²) in [6.07, 6.45) is 5.47. The predicted octanol–water partition coefficient (Wildman–Crippen LogP) is 3.12. The van der Waals surface area contributed by atoms with E-state index in [-0.39, 0.29) is 17.7 Å². The van der Waals surface area contributed by atoms with Crippen molar-refractivity contribution in [3.63, 3.8) is 0 Å². The monoisotopic (exact) mass is 411 g/mol. The number of ether oxygens (including phenoxy) is 1. The maximum absolute atomic E-state index is 12.4. The number of aromatic nitrogens is 1. The molecule has 0 unspecified atom stereocenters. The number of carbonyl (C=O) groups is 2. The largest absolute Gasteiger partial charge is 0.487 e. The van der Waals surface area contributed by atoms with Crippen molar-refractivity contribution in [2.45, 2.75) is 26.4 Å². The van der Waals surface area contributed by atoms with Crippen molar-refractivity contribution in [2.24, 2.45) is 5.92 Å². The normalized spacial score (nSPS) is 17.0. The minimum absolute atomic E-state index is 0.0113. The van der Waals surface area contributed by atoms with Gasteiger partial charge in [0.15, 0.2) is 0 Å². The van der Waals surface area contributed by atoms with Crippen LogP contribution in [0.2, 0.25) is 0 Å². The summed E-state index contributed by atoms with van der Waals surface area (Å²) in [6, 6.07) is 7.65. The number of nitrogens with zero attached hydrogens (tertiary/aromatic N) is 3. The fraction of sp³-hybridized carbons (Fsp3) is 0.409. The van der Waals surface area contributed by atoms with Gasteiger partial charge < -0.3 is 14.5 Å². The average Bonchev–Trinajstić information content (AvgIpc) is 3.52. The summed E-state index contributed by atoms with van der Waals surface area (Å²) in [6.45, 7) is 4.91. The highest BCUT2D eigenvalue weighted by atomic mass is 32.1. The first-order valence-electron chi connectivity index (χ1n) is 9.98. The summed E-state index contributed by atoms with van der Waals surface area (Å²) in [5.74, 6) is 1.27. The Morgan fingerprint density at radius 2 is 1.83 bits per heavy atom. The zero-order valence-corrected chi connectivity index (χ0v) is 17.4. The second-order valence-corrected chi connectivity index (χ2v) is 8.54. The Morgan fingerprint density at radius 1 is 1.14 bits per heavy atom. The van der Waals surface area contributed by atoms with Crippen LogP contribution in [0.4, 0.5) is 0 Å². The molecule has 0 bridgehead atoms. The molecule has 1 saturated heterocycles. The Hall–Kier alpha value is -2.67. The van der Waals surface area contributed by atoms with E-state index in [1.807, 2.05) is 47.5 Å². The average molecular weight is 412 g/mol. The topological polar surface area (TPSA) is 62.7 Å². The lowest BCUT2D eigenvalue weighted by Gasteiger charge is -2.34. The summed E-state index contributed by atoms with van der Waals surface area (Å²) < 4.78 is 5.74. The number of rotatable bonds is 6. The molecule has 29 heavy (non-hydrogen) atoms. The number of benzene rings is 1. The van der Waals surface area contributed by atoms with Gasteiger partial charge in [-0.2, -0.15) is 0 Å². The molecule has 2 aliphatic rings. The second kappa shape index (κ2) is 8.78. The molecular weight excluding hydrogens is 386 g/mol. The van der Waals surface area contributed by atoms with Gasteiger partial charge in [0.25, 0.3) is 0 Å². The Labute approximate surface area is 174 Å². The molecule has 1 aliphatic heterocycles. The van der Waals surface area contributed by atoms with Crippen molar-refractivity contribution in [2.75, 3.05) is 26.2 Å². The number of hydrogen-bond donors (Lipinski definition) is 0. The Bertz CT molecular complexity index is 894. The van der Waals surface area contributed by atoms with Crippen LogP contribution >= 0.6 is 11.3 Å². The first-order chi connectivity index (χ1) is 14.1. The molecule has 0 N–H and O–H groups in total. The minimum atomic E-state index is -0.0113. The number of hydrogen-bond acceptors (Lipinski definition) is 5. The highest BCUT2D eigenvalue weighted by molar-refractivity contribution is 7.09. The summed E-state index contributed by atoms with van der Waals surface area (Å²) in [5.41, 5.74) is 1.87. The van der Waals surface area contributed by atoms with E-state index in [2.05, 4.69) is 4.98 Å². The van der Waals surface area contributed by atoms with E-state index in [9.17, 15) is 9.59 Å². The third-order valence-electron chi connectivity index (χ3n) is 5.18. The number of thiazole rings is 1. The highest BCUT2D eigenvalue weighted by Gasteiger charge is 2.34. The lowest BCUT2D eigenvalue weighted by molar-refractivity contribution is -0.138. The maximum Gasteiger partial charge on any atom is 0.246 e. The van der Waals surface area contributed by atoms with Crippen molar-refractivity contribution < 1.29 is 14.3 Å². The van der Waals surface area contributed by atoms with E-state index >= 15 is 0 Å². The van der Waals surface area contributed by atoms with Gasteiger partial charge in [0.2, 0.25) is 11.8 Å². The van der Waals surface area contributed by atoms with Crippen LogP contribution in [0, 0.1) is 12.8 Å². The van der Waals surface area contributed by atoms with Gasteiger partial charge in [-0.3, -0.25) is 9.59 Å². The number of carbonyl (C=O) groups excluding carboxylic acids is 2. The molecule has 2 heterocycles. The smallest absolute Gasteiger partial charge is 0.246 e. The lowest BCUT2D eigenvalue weighted by Crippen LogP contribution is -2.50. The lowest BCUT2D eigenvalue weighted by atomic mass is 10.2. The summed E-state index contributed by atoms with van der Waals surface area (Å²) >= 11 is 1.61. The molecule has 0 atom stereocenters. The fourth-order valence-electron chi connectivity index (χ4n) is 3.32. The molecule has 2 amide bonds. The van der Waals surface area contributed by atoms with Gasteiger partial charge in [0, 0.05) is 43.6 Å². The van der Waals surface area contributed by atoms with E-state index in [0.717, 1.165) is 34.9 Å². The second-order valence-electron chi connectivity index (χ2n) is 7.47. The molecule has 1 aromatic heterocycles. The van der Waals surface area contributed by atoms with Crippen LogP contribution in [0.1, 0.15) is 29.1 Å². The molecule has 2 fully saturated rings.